The van der Waals surface area contributed by atoms with Gasteiger partial charge in [0.1, 0.15) is 5.82 Å². The Morgan fingerprint density at radius 3 is 2.28 bits per heavy atom. The molecule has 32 heavy (non-hydrogen) atoms. The molecule has 2 amide bonds. The van der Waals surface area contributed by atoms with Gasteiger partial charge in [-0.2, -0.15) is 0 Å². The number of pyridine rings is 1. The molecule has 2 N–H and O–H groups in total. The number of anilines is 2. The van der Waals surface area contributed by atoms with Gasteiger partial charge in [0, 0.05) is 23.2 Å². The van der Waals surface area contributed by atoms with Crippen LogP contribution >= 0.6 is 35.6 Å². The maximum Gasteiger partial charge on any atom is 0.258 e. The van der Waals surface area contributed by atoms with Crippen LogP contribution in [0.5, 0.6) is 0 Å². The zero-order valence-electron chi connectivity index (χ0n) is 17.7. The van der Waals surface area contributed by atoms with Crippen LogP contribution < -0.4 is 10.6 Å². The molecule has 0 unspecified atom stereocenters. The molecular formula is C23H27Cl3N4O2. The normalized spacial score (nSPS) is 17.6. The van der Waals surface area contributed by atoms with Crippen LogP contribution in [-0.4, -0.2) is 40.8 Å². The smallest absolute Gasteiger partial charge is 0.258 e. The summed E-state index contributed by atoms with van der Waals surface area (Å²) in [5.41, 5.74) is 0.736. The zero-order valence-corrected chi connectivity index (χ0v) is 20.0. The largest absolute Gasteiger partial charge is 0.325 e. The number of nitrogens with zero attached hydrogens (tertiary/aromatic N) is 2. The fraction of sp³-hybridized carbons (Fsp3) is 0.435. The predicted octanol–water partition coefficient (Wildman–Crippen LogP) is 5.66. The number of amides is 2. The molecule has 1 aromatic carbocycles. The van der Waals surface area contributed by atoms with Crippen molar-refractivity contribution in [2.75, 3.05) is 23.7 Å². The molecule has 0 atom stereocenters. The highest BCUT2D eigenvalue weighted by molar-refractivity contribution is 6.31. The summed E-state index contributed by atoms with van der Waals surface area (Å²) >= 11 is 12.0. The van der Waals surface area contributed by atoms with Crippen molar-refractivity contribution in [3.63, 3.8) is 0 Å². The summed E-state index contributed by atoms with van der Waals surface area (Å²) in [5, 5.41) is 6.56. The van der Waals surface area contributed by atoms with E-state index in [1.54, 1.807) is 30.3 Å². The van der Waals surface area contributed by atoms with Crippen LogP contribution in [0.4, 0.5) is 11.5 Å². The lowest BCUT2D eigenvalue weighted by atomic mass is 9.94. The molecule has 1 saturated carbocycles. The zero-order chi connectivity index (χ0) is 21.8. The molecule has 1 saturated heterocycles. The SMILES string of the molecule is Cl.O=C(Nc1ccc(Cl)cn1)c1cc(Cl)ccc1NC(=O)C1CCN(C2CCCC2)CC1. The first-order chi connectivity index (χ1) is 15.0. The molecule has 4 rings (SSSR count). The molecular weight excluding hydrogens is 471 g/mol. The maximum absolute atomic E-state index is 12.9. The van der Waals surface area contributed by atoms with Gasteiger partial charge in [-0.15, -0.1) is 12.4 Å². The highest BCUT2D eigenvalue weighted by Crippen LogP contribution is 2.29. The second-order valence-electron chi connectivity index (χ2n) is 8.24. The van der Waals surface area contributed by atoms with Crippen LogP contribution in [0.3, 0.4) is 0 Å². The van der Waals surface area contributed by atoms with Crippen molar-refractivity contribution in [3.8, 4) is 0 Å². The number of hydrogen-bond acceptors (Lipinski definition) is 4. The number of piperidine rings is 1. The van der Waals surface area contributed by atoms with E-state index in [4.69, 9.17) is 23.2 Å². The van der Waals surface area contributed by atoms with Crippen molar-refractivity contribution in [2.24, 2.45) is 5.92 Å². The second-order valence-corrected chi connectivity index (χ2v) is 9.12. The summed E-state index contributed by atoms with van der Waals surface area (Å²) in [4.78, 5) is 32.4. The van der Waals surface area contributed by atoms with E-state index < -0.39 is 5.91 Å². The van der Waals surface area contributed by atoms with Gasteiger partial charge in [0.2, 0.25) is 5.91 Å². The number of halogens is 3. The van der Waals surface area contributed by atoms with Crippen LogP contribution in [0.25, 0.3) is 0 Å². The van der Waals surface area contributed by atoms with Crippen LogP contribution in [0.2, 0.25) is 10.0 Å². The fourth-order valence-corrected chi connectivity index (χ4v) is 4.76. The van der Waals surface area contributed by atoms with Crippen LogP contribution in [-0.2, 0) is 4.79 Å². The summed E-state index contributed by atoms with van der Waals surface area (Å²) in [7, 11) is 0. The second kappa shape index (κ2) is 11.3. The van der Waals surface area contributed by atoms with Crippen molar-refractivity contribution in [1.29, 1.82) is 0 Å². The minimum absolute atomic E-state index is 0. The first kappa shape index (κ1) is 24.8. The lowest BCUT2D eigenvalue weighted by molar-refractivity contribution is -0.121. The Hall–Kier alpha value is -1.86. The summed E-state index contributed by atoms with van der Waals surface area (Å²) in [5.74, 6) is -0.135. The van der Waals surface area contributed by atoms with Crippen molar-refractivity contribution in [1.82, 2.24) is 9.88 Å². The number of rotatable bonds is 5. The predicted molar refractivity (Wildman–Crippen MR) is 131 cm³/mol. The molecule has 2 heterocycles. The van der Waals surface area contributed by atoms with E-state index in [0.717, 1.165) is 25.9 Å². The Morgan fingerprint density at radius 1 is 0.938 bits per heavy atom. The third-order valence-electron chi connectivity index (χ3n) is 6.19. The number of likely N-dealkylation sites (tertiary alicyclic amines) is 1. The van der Waals surface area contributed by atoms with Crippen LogP contribution in [0.15, 0.2) is 36.5 Å². The van der Waals surface area contributed by atoms with E-state index in [0.29, 0.717) is 33.2 Å². The highest BCUT2D eigenvalue weighted by atomic mass is 35.5. The Labute approximate surface area is 204 Å². The van der Waals surface area contributed by atoms with Gasteiger partial charge in [-0.3, -0.25) is 9.59 Å². The van der Waals surface area contributed by atoms with Crippen LogP contribution in [0.1, 0.15) is 48.9 Å². The van der Waals surface area contributed by atoms with E-state index in [1.165, 1.54) is 31.9 Å². The van der Waals surface area contributed by atoms with Crippen molar-refractivity contribution < 1.29 is 9.59 Å². The first-order valence-corrected chi connectivity index (χ1v) is 11.5. The molecule has 172 valence electrons. The van der Waals surface area contributed by atoms with Gasteiger partial charge in [0.15, 0.2) is 0 Å². The van der Waals surface area contributed by atoms with E-state index in [-0.39, 0.29) is 24.2 Å². The van der Waals surface area contributed by atoms with E-state index in [9.17, 15) is 9.59 Å². The molecule has 6 nitrogen and oxygen atoms in total. The summed E-state index contributed by atoms with van der Waals surface area (Å²) < 4.78 is 0. The monoisotopic (exact) mass is 496 g/mol. The molecule has 1 aromatic heterocycles. The number of aromatic nitrogens is 1. The molecule has 0 spiro atoms. The average molecular weight is 498 g/mol. The summed E-state index contributed by atoms with van der Waals surface area (Å²) in [6.07, 6.45) is 8.33. The van der Waals surface area contributed by atoms with Gasteiger partial charge in [-0.05, 0) is 69.1 Å². The molecule has 2 aliphatic rings. The third kappa shape index (κ3) is 6.13. The summed E-state index contributed by atoms with van der Waals surface area (Å²) in [6, 6.07) is 8.82. The van der Waals surface area contributed by atoms with E-state index >= 15 is 0 Å². The van der Waals surface area contributed by atoms with E-state index in [1.807, 2.05) is 0 Å². The molecule has 9 heteroatoms. The van der Waals surface area contributed by atoms with Gasteiger partial charge in [0.05, 0.1) is 16.3 Å². The molecule has 1 aliphatic heterocycles. The number of nitrogens with one attached hydrogen (secondary N) is 2. The lowest BCUT2D eigenvalue weighted by Gasteiger charge is -2.35. The third-order valence-corrected chi connectivity index (χ3v) is 6.65. The first-order valence-electron chi connectivity index (χ1n) is 10.8. The number of carbonyl (C=O) groups excluding carboxylic acids is 2. The minimum Gasteiger partial charge on any atom is -0.325 e. The van der Waals surface area contributed by atoms with Crippen molar-refractivity contribution in [3.05, 3.63) is 52.1 Å². The van der Waals surface area contributed by atoms with Gasteiger partial charge in [-0.1, -0.05) is 36.0 Å². The van der Waals surface area contributed by atoms with Crippen LogP contribution in [0, 0.1) is 5.92 Å². The average Bonchev–Trinajstić information content (AvgIpc) is 3.31. The molecule has 0 bridgehead atoms. The Bertz CT molecular complexity index is 941. The Balaban J connectivity index is 0.00000289. The number of benzene rings is 1. The molecule has 2 fully saturated rings. The summed E-state index contributed by atoms with van der Waals surface area (Å²) in [6.45, 7) is 1.91. The lowest BCUT2D eigenvalue weighted by Crippen LogP contribution is -2.42. The van der Waals surface area contributed by atoms with Gasteiger partial charge in [0.25, 0.3) is 5.91 Å². The van der Waals surface area contributed by atoms with Gasteiger partial charge in [-0.25, -0.2) is 4.98 Å². The van der Waals surface area contributed by atoms with Gasteiger partial charge >= 0.3 is 0 Å². The quantitative estimate of drug-likeness (QED) is 0.559. The Kier molecular flexibility index (Phi) is 8.77. The number of hydrogen-bond donors (Lipinski definition) is 2. The molecule has 2 aromatic rings. The number of carbonyl (C=O) groups is 2. The fourth-order valence-electron chi connectivity index (χ4n) is 4.48. The molecule has 1 aliphatic carbocycles. The maximum atomic E-state index is 12.9. The van der Waals surface area contributed by atoms with Gasteiger partial charge < -0.3 is 15.5 Å². The topological polar surface area (TPSA) is 74.3 Å². The van der Waals surface area contributed by atoms with Crippen molar-refractivity contribution >= 4 is 58.9 Å². The molecule has 0 radical (unpaired) electrons. The minimum atomic E-state index is -0.399. The standard InChI is InChI=1S/C23H26Cl2N4O2.ClH/c24-16-5-7-20(19(13-16)23(31)28-21-8-6-17(25)14-26-21)27-22(30)15-9-11-29(12-10-15)18-3-1-2-4-18;/h5-8,13-15,18H,1-4,9-12H2,(H,27,30)(H,26,28,31);1H. The highest BCUT2D eigenvalue weighted by Gasteiger charge is 2.30. The Morgan fingerprint density at radius 2 is 1.62 bits per heavy atom. The van der Waals surface area contributed by atoms with E-state index in [2.05, 4.69) is 20.5 Å². The van der Waals surface area contributed by atoms with Crippen molar-refractivity contribution in [2.45, 2.75) is 44.6 Å².